The zero-order chi connectivity index (χ0) is 16.3. The molecule has 0 N–H and O–H groups in total. The molecule has 0 amide bonds. The molecule has 0 aromatic heterocycles. The van der Waals surface area contributed by atoms with Gasteiger partial charge in [0.25, 0.3) is 0 Å². The maximum absolute atomic E-state index is 12.6. The molecule has 3 rings (SSSR count). The summed E-state index contributed by atoms with van der Waals surface area (Å²) in [5, 5.41) is 0. The Balaban J connectivity index is 1.62. The summed E-state index contributed by atoms with van der Waals surface area (Å²) in [7, 11) is -1.71. The minimum atomic E-state index is -3.26. The van der Waals surface area contributed by atoms with Crippen LogP contribution in [0.5, 0.6) is 5.75 Å². The van der Waals surface area contributed by atoms with Crippen LogP contribution in [-0.2, 0) is 9.84 Å². The van der Waals surface area contributed by atoms with Crippen molar-refractivity contribution in [1.82, 2.24) is 9.80 Å². The van der Waals surface area contributed by atoms with Crippen molar-refractivity contribution < 1.29 is 13.2 Å². The Morgan fingerprint density at radius 2 is 2.04 bits per heavy atom. The fourth-order valence-electron chi connectivity index (χ4n) is 3.65. The monoisotopic (exact) mass is 338 g/mol. The van der Waals surface area contributed by atoms with Crippen molar-refractivity contribution in [3.63, 3.8) is 0 Å². The van der Waals surface area contributed by atoms with Crippen molar-refractivity contribution in [2.24, 2.45) is 0 Å². The number of hydrogen-bond acceptors (Lipinski definition) is 5. The fraction of sp³-hybridized carbons (Fsp3) is 0.647. The highest BCUT2D eigenvalue weighted by atomic mass is 32.2. The van der Waals surface area contributed by atoms with Crippen LogP contribution < -0.4 is 4.74 Å². The van der Waals surface area contributed by atoms with Gasteiger partial charge in [-0.05, 0) is 57.1 Å². The molecule has 1 atom stereocenters. The van der Waals surface area contributed by atoms with Gasteiger partial charge < -0.3 is 9.64 Å². The molecule has 2 fully saturated rings. The molecule has 23 heavy (non-hydrogen) atoms. The predicted octanol–water partition coefficient (Wildman–Crippen LogP) is 1.64. The number of ether oxygens (including phenoxy) is 1. The number of nitrogens with zero attached hydrogens (tertiary/aromatic N) is 2. The lowest BCUT2D eigenvalue weighted by Gasteiger charge is -2.25. The summed E-state index contributed by atoms with van der Waals surface area (Å²) in [4.78, 5) is 5.25. The standard InChI is InChI=1S/C17H26N2O3S/c1-22-16-6-2-7-17(13-16)23(20,21)12-11-18-8-4-10-19-9-3-5-15(19)14-18/h2,6-7,13,15H,3-5,8-12,14H2,1H3. The lowest BCUT2D eigenvalue weighted by atomic mass is 10.2. The van der Waals surface area contributed by atoms with Gasteiger partial charge in [-0.25, -0.2) is 8.42 Å². The quantitative estimate of drug-likeness (QED) is 0.817. The number of rotatable bonds is 5. The SMILES string of the molecule is COc1cccc(S(=O)(=O)CCN2CCCN3CCCC3C2)c1. The van der Waals surface area contributed by atoms with Crippen molar-refractivity contribution in [2.75, 3.05) is 45.6 Å². The van der Waals surface area contributed by atoms with E-state index in [1.165, 1.54) is 19.4 Å². The summed E-state index contributed by atoms with van der Waals surface area (Å²) in [5.74, 6) is 0.759. The molecule has 2 heterocycles. The molecule has 0 bridgehead atoms. The summed E-state index contributed by atoms with van der Waals surface area (Å²) < 4.78 is 30.3. The lowest BCUT2D eigenvalue weighted by Crippen LogP contribution is -2.38. The second kappa shape index (κ2) is 7.20. The van der Waals surface area contributed by atoms with Gasteiger partial charge in [-0.1, -0.05) is 6.07 Å². The summed E-state index contributed by atoms with van der Waals surface area (Å²) in [5.41, 5.74) is 0. The Morgan fingerprint density at radius 3 is 2.87 bits per heavy atom. The van der Waals surface area contributed by atoms with Crippen molar-refractivity contribution in [1.29, 1.82) is 0 Å². The molecule has 0 saturated carbocycles. The zero-order valence-corrected chi connectivity index (χ0v) is 14.6. The summed E-state index contributed by atoms with van der Waals surface area (Å²) in [6.45, 7) is 4.99. The van der Waals surface area contributed by atoms with Crippen LogP contribution in [0.25, 0.3) is 0 Å². The van der Waals surface area contributed by atoms with E-state index in [2.05, 4.69) is 9.80 Å². The second-order valence-corrected chi connectivity index (χ2v) is 8.59. The van der Waals surface area contributed by atoms with E-state index in [4.69, 9.17) is 4.74 Å². The molecule has 128 valence electrons. The normalized spacial score (nSPS) is 23.4. The third-order valence-electron chi connectivity index (χ3n) is 4.96. The molecule has 1 aromatic rings. The van der Waals surface area contributed by atoms with Gasteiger partial charge in [0.2, 0.25) is 0 Å². The average molecular weight is 338 g/mol. The van der Waals surface area contributed by atoms with Gasteiger partial charge in [0.1, 0.15) is 5.75 Å². The highest BCUT2D eigenvalue weighted by Gasteiger charge is 2.29. The van der Waals surface area contributed by atoms with Gasteiger partial charge in [-0.3, -0.25) is 4.90 Å². The molecule has 0 aliphatic carbocycles. The largest absolute Gasteiger partial charge is 0.497 e. The minimum absolute atomic E-state index is 0.173. The second-order valence-electron chi connectivity index (χ2n) is 6.48. The number of hydrogen-bond donors (Lipinski definition) is 0. The molecule has 0 radical (unpaired) electrons. The molecule has 5 nitrogen and oxygen atoms in total. The van der Waals surface area contributed by atoms with Crippen LogP contribution in [0.2, 0.25) is 0 Å². The first kappa shape index (κ1) is 16.7. The number of sulfone groups is 1. The smallest absolute Gasteiger partial charge is 0.179 e. The van der Waals surface area contributed by atoms with Gasteiger partial charge in [-0.2, -0.15) is 0 Å². The van der Waals surface area contributed by atoms with E-state index in [9.17, 15) is 8.42 Å². The number of fused-ring (bicyclic) bond motifs is 1. The maximum atomic E-state index is 12.6. The van der Waals surface area contributed by atoms with E-state index in [0.29, 0.717) is 23.2 Å². The van der Waals surface area contributed by atoms with Gasteiger partial charge in [0.15, 0.2) is 9.84 Å². The molecule has 2 aliphatic rings. The first-order valence-corrected chi connectivity index (χ1v) is 10.1. The van der Waals surface area contributed by atoms with Crippen molar-refractivity contribution in [3.8, 4) is 5.75 Å². The predicted molar refractivity (Wildman–Crippen MR) is 90.7 cm³/mol. The molecule has 1 aromatic carbocycles. The van der Waals surface area contributed by atoms with Gasteiger partial charge in [-0.15, -0.1) is 0 Å². The first-order valence-electron chi connectivity index (χ1n) is 8.42. The van der Waals surface area contributed by atoms with E-state index < -0.39 is 9.84 Å². The van der Waals surface area contributed by atoms with Crippen LogP contribution >= 0.6 is 0 Å². The summed E-state index contributed by atoms with van der Waals surface area (Å²) in [6.07, 6.45) is 3.66. The molecule has 6 heteroatoms. The van der Waals surface area contributed by atoms with Gasteiger partial charge >= 0.3 is 0 Å². The average Bonchev–Trinajstić information content (AvgIpc) is 2.91. The third kappa shape index (κ3) is 4.05. The van der Waals surface area contributed by atoms with Crippen molar-refractivity contribution in [2.45, 2.75) is 30.2 Å². The van der Waals surface area contributed by atoms with Crippen molar-refractivity contribution in [3.05, 3.63) is 24.3 Å². The van der Waals surface area contributed by atoms with Gasteiger partial charge in [0.05, 0.1) is 17.8 Å². The molecular weight excluding hydrogens is 312 g/mol. The van der Waals surface area contributed by atoms with Crippen LogP contribution in [0.15, 0.2) is 29.2 Å². The zero-order valence-electron chi connectivity index (χ0n) is 13.8. The third-order valence-corrected chi connectivity index (χ3v) is 6.66. The molecule has 2 aliphatic heterocycles. The van der Waals surface area contributed by atoms with E-state index in [0.717, 1.165) is 26.1 Å². The van der Waals surface area contributed by atoms with E-state index in [-0.39, 0.29) is 5.75 Å². The van der Waals surface area contributed by atoms with Crippen LogP contribution in [0, 0.1) is 0 Å². The van der Waals surface area contributed by atoms with Crippen LogP contribution in [0.1, 0.15) is 19.3 Å². The summed E-state index contributed by atoms with van der Waals surface area (Å²) in [6, 6.07) is 7.38. The minimum Gasteiger partial charge on any atom is -0.497 e. The maximum Gasteiger partial charge on any atom is 0.179 e. The van der Waals surface area contributed by atoms with Crippen LogP contribution in [0.4, 0.5) is 0 Å². The number of methoxy groups -OCH3 is 1. The van der Waals surface area contributed by atoms with E-state index in [1.54, 1.807) is 31.4 Å². The molecular formula is C17H26N2O3S. The molecule has 1 unspecified atom stereocenters. The Hall–Kier alpha value is -1.11. The first-order chi connectivity index (χ1) is 11.1. The molecule has 0 spiro atoms. The fourth-order valence-corrected chi connectivity index (χ4v) is 4.96. The molecule has 2 saturated heterocycles. The Labute approximate surface area is 139 Å². The Morgan fingerprint density at radius 1 is 1.22 bits per heavy atom. The lowest BCUT2D eigenvalue weighted by molar-refractivity contribution is 0.226. The highest BCUT2D eigenvalue weighted by molar-refractivity contribution is 7.91. The van der Waals surface area contributed by atoms with Gasteiger partial charge in [0, 0.05) is 19.1 Å². The Bertz CT molecular complexity index is 632. The van der Waals surface area contributed by atoms with E-state index in [1.807, 2.05) is 0 Å². The van der Waals surface area contributed by atoms with E-state index >= 15 is 0 Å². The number of benzene rings is 1. The topological polar surface area (TPSA) is 49.9 Å². The highest BCUT2D eigenvalue weighted by Crippen LogP contribution is 2.22. The van der Waals surface area contributed by atoms with Crippen LogP contribution in [-0.4, -0.2) is 69.8 Å². The van der Waals surface area contributed by atoms with Crippen LogP contribution in [0.3, 0.4) is 0 Å². The summed E-state index contributed by atoms with van der Waals surface area (Å²) >= 11 is 0. The van der Waals surface area contributed by atoms with Crippen molar-refractivity contribution >= 4 is 9.84 Å². The Kier molecular flexibility index (Phi) is 5.24.